The van der Waals surface area contributed by atoms with E-state index >= 15 is 0 Å². The molecule has 0 radical (unpaired) electrons. The molecule has 0 saturated heterocycles. The number of amides is 1. The maximum absolute atomic E-state index is 11.6. The van der Waals surface area contributed by atoms with Crippen molar-refractivity contribution in [2.45, 2.75) is 26.3 Å². The molecule has 1 heterocycles. The second-order valence-electron chi connectivity index (χ2n) is 4.97. The van der Waals surface area contributed by atoms with Crippen molar-refractivity contribution in [1.82, 2.24) is 20.2 Å². The summed E-state index contributed by atoms with van der Waals surface area (Å²) < 4.78 is 2.07. The minimum atomic E-state index is 0.0254. The van der Waals surface area contributed by atoms with Crippen LogP contribution in [0, 0.1) is 0 Å². The van der Waals surface area contributed by atoms with Gasteiger partial charge in [0.05, 0.1) is 23.6 Å². The lowest BCUT2D eigenvalue weighted by Crippen LogP contribution is -2.35. The highest BCUT2D eigenvalue weighted by molar-refractivity contribution is 5.78. The van der Waals surface area contributed by atoms with E-state index in [0.29, 0.717) is 6.54 Å². The minimum absolute atomic E-state index is 0.0254. The molecule has 0 aliphatic rings. The van der Waals surface area contributed by atoms with E-state index in [1.54, 1.807) is 0 Å². The second kappa shape index (κ2) is 6.52. The molecule has 1 aromatic carbocycles. The molecule has 5 nitrogen and oxygen atoms in total. The summed E-state index contributed by atoms with van der Waals surface area (Å²) in [7, 11) is 2.00. The first-order chi connectivity index (χ1) is 9.63. The first kappa shape index (κ1) is 14.5. The molecule has 0 fully saturated rings. The molecule has 2 rings (SSSR count). The Hall–Kier alpha value is -1.88. The molecule has 1 aromatic heterocycles. The average molecular weight is 274 g/mol. The number of nitrogens with zero attached hydrogens (tertiary/aromatic N) is 2. The van der Waals surface area contributed by atoms with Crippen LogP contribution in [0.4, 0.5) is 0 Å². The number of para-hydroxylation sites is 2. The van der Waals surface area contributed by atoms with Crippen LogP contribution in [0.5, 0.6) is 0 Å². The molecule has 1 amide bonds. The molecule has 108 valence electrons. The Bertz CT molecular complexity index is 591. The first-order valence-electron chi connectivity index (χ1n) is 7.05. The third-order valence-electron chi connectivity index (χ3n) is 3.35. The second-order valence-corrected chi connectivity index (χ2v) is 4.97. The summed E-state index contributed by atoms with van der Waals surface area (Å²) in [5.41, 5.74) is 2.08. The molecule has 0 spiro atoms. The number of hydrogen-bond donors (Lipinski definition) is 2. The molecule has 0 bridgehead atoms. The Balaban J connectivity index is 2.02. The molecule has 5 heteroatoms. The van der Waals surface area contributed by atoms with Crippen LogP contribution < -0.4 is 10.6 Å². The van der Waals surface area contributed by atoms with Crippen LogP contribution in [-0.2, 0) is 11.8 Å². The first-order valence-corrected chi connectivity index (χ1v) is 7.05. The lowest BCUT2D eigenvalue weighted by atomic mass is 10.3. The quantitative estimate of drug-likeness (QED) is 0.843. The summed E-state index contributed by atoms with van der Waals surface area (Å²) in [6.07, 6.45) is 0.950. The number of aryl methyl sites for hydroxylation is 1. The van der Waals surface area contributed by atoms with Gasteiger partial charge >= 0.3 is 0 Å². The highest BCUT2D eigenvalue weighted by atomic mass is 16.1. The fourth-order valence-corrected chi connectivity index (χ4v) is 2.22. The van der Waals surface area contributed by atoms with Crippen LogP contribution in [0.25, 0.3) is 11.0 Å². The zero-order chi connectivity index (χ0) is 14.5. The third-order valence-corrected chi connectivity index (χ3v) is 3.35. The number of benzene rings is 1. The van der Waals surface area contributed by atoms with Crippen LogP contribution in [0.15, 0.2) is 24.3 Å². The Labute approximate surface area is 119 Å². The topological polar surface area (TPSA) is 59.0 Å². The van der Waals surface area contributed by atoms with E-state index in [0.717, 1.165) is 29.8 Å². The number of fused-ring (bicyclic) bond motifs is 1. The summed E-state index contributed by atoms with van der Waals surface area (Å²) in [6, 6.07) is 8.06. The summed E-state index contributed by atoms with van der Waals surface area (Å²) >= 11 is 0. The zero-order valence-electron chi connectivity index (χ0n) is 12.3. The summed E-state index contributed by atoms with van der Waals surface area (Å²) in [5.74, 6) is 0.965. The van der Waals surface area contributed by atoms with Gasteiger partial charge in [0.25, 0.3) is 0 Å². The lowest BCUT2D eigenvalue weighted by Gasteiger charge is -2.13. The predicted molar refractivity (Wildman–Crippen MR) is 80.4 cm³/mol. The molecule has 2 aromatic rings. The monoisotopic (exact) mass is 274 g/mol. The number of rotatable bonds is 6. The molecule has 0 saturated carbocycles. The standard InChI is InChI=1S/C15H22N4O/c1-4-9-16-14(20)10-17-11(2)15-18-12-7-5-6-8-13(12)19(15)3/h5-8,11,17H,4,9-10H2,1-3H3,(H,16,20). The van der Waals surface area contributed by atoms with E-state index < -0.39 is 0 Å². The Morgan fingerprint density at radius 1 is 1.40 bits per heavy atom. The van der Waals surface area contributed by atoms with Gasteiger partial charge in [-0.1, -0.05) is 19.1 Å². The van der Waals surface area contributed by atoms with E-state index in [4.69, 9.17) is 0 Å². The number of nitrogens with one attached hydrogen (secondary N) is 2. The Kier molecular flexibility index (Phi) is 4.74. The van der Waals surface area contributed by atoms with E-state index in [2.05, 4.69) is 20.2 Å². The largest absolute Gasteiger partial charge is 0.355 e. The van der Waals surface area contributed by atoms with Crippen LogP contribution in [0.1, 0.15) is 32.1 Å². The van der Waals surface area contributed by atoms with Gasteiger partial charge < -0.3 is 9.88 Å². The van der Waals surface area contributed by atoms with Gasteiger partial charge in [0.2, 0.25) is 5.91 Å². The molecule has 1 atom stereocenters. The van der Waals surface area contributed by atoms with Crippen molar-refractivity contribution in [1.29, 1.82) is 0 Å². The van der Waals surface area contributed by atoms with Gasteiger partial charge in [-0.25, -0.2) is 4.98 Å². The Morgan fingerprint density at radius 3 is 2.85 bits per heavy atom. The van der Waals surface area contributed by atoms with E-state index in [-0.39, 0.29) is 11.9 Å². The van der Waals surface area contributed by atoms with Crippen molar-refractivity contribution in [3.8, 4) is 0 Å². The highest BCUT2D eigenvalue weighted by Gasteiger charge is 2.14. The molecular formula is C15H22N4O. The lowest BCUT2D eigenvalue weighted by molar-refractivity contribution is -0.120. The molecule has 2 N–H and O–H groups in total. The smallest absolute Gasteiger partial charge is 0.233 e. The van der Waals surface area contributed by atoms with Crippen molar-refractivity contribution in [2.75, 3.05) is 13.1 Å². The summed E-state index contributed by atoms with van der Waals surface area (Å²) in [4.78, 5) is 16.2. The van der Waals surface area contributed by atoms with Crippen molar-refractivity contribution in [3.63, 3.8) is 0 Å². The van der Waals surface area contributed by atoms with E-state index in [1.807, 2.05) is 45.2 Å². The predicted octanol–water partition coefficient (Wildman–Crippen LogP) is 1.75. The number of hydrogen-bond acceptors (Lipinski definition) is 3. The van der Waals surface area contributed by atoms with Gasteiger partial charge in [-0.2, -0.15) is 0 Å². The van der Waals surface area contributed by atoms with Gasteiger partial charge in [0.15, 0.2) is 0 Å². The zero-order valence-corrected chi connectivity index (χ0v) is 12.3. The van der Waals surface area contributed by atoms with Gasteiger partial charge in [0, 0.05) is 13.6 Å². The maximum atomic E-state index is 11.6. The molecule has 20 heavy (non-hydrogen) atoms. The Morgan fingerprint density at radius 2 is 2.15 bits per heavy atom. The van der Waals surface area contributed by atoms with Gasteiger partial charge in [0.1, 0.15) is 5.82 Å². The maximum Gasteiger partial charge on any atom is 0.233 e. The number of carbonyl (C=O) groups excluding carboxylic acids is 1. The van der Waals surface area contributed by atoms with Crippen molar-refractivity contribution in [2.24, 2.45) is 7.05 Å². The van der Waals surface area contributed by atoms with Crippen LogP contribution in [0.3, 0.4) is 0 Å². The van der Waals surface area contributed by atoms with Gasteiger partial charge in [-0.15, -0.1) is 0 Å². The van der Waals surface area contributed by atoms with Crippen LogP contribution in [-0.4, -0.2) is 28.5 Å². The van der Waals surface area contributed by atoms with Crippen LogP contribution in [0.2, 0.25) is 0 Å². The van der Waals surface area contributed by atoms with Crippen molar-refractivity contribution >= 4 is 16.9 Å². The molecule has 0 aliphatic carbocycles. The number of imidazole rings is 1. The number of aromatic nitrogens is 2. The number of carbonyl (C=O) groups is 1. The summed E-state index contributed by atoms with van der Waals surface area (Å²) in [6.45, 7) is 5.09. The van der Waals surface area contributed by atoms with Crippen molar-refractivity contribution < 1.29 is 4.79 Å². The fraction of sp³-hybridized carbons (Fsp3) is 0.467. The SMILES string of the molecule is CCCNC(=O)CNC(C)c1nc2ccccc2n1C. The van der Waals surface area contributed by atoms with Crippen molar-refractivity contribution in [3.05, 3.63) is 30.1 Å². The van der Waals surface area contributed by atoms with E-state index in [1.165, 1.54) is 0 Å². The normalized spacial score (nSPS) is 12.6. The van der Waals surface area contributed by atoms with Gasteiger partial charge in [-0.3, -0.25) is 10.1 Å². The minimum Gasteiger partial charge on any atom is -0.355 e. The molecular weight excluding hydrogens is 252 g/mol. The average Bonchev–Trinajstić information content (AvgIpc) is 2.80. The third kappa shape index (κ3) is 3.17. The highest BCUT2D eigenvalue weighted by Crippen LogP contribution is 2.18. The molecule has 0 aliphatic heterocycles. The fourth-order valence-electron chi connectivity index (χ4n) is 2.22. The van der Waals surface area contributed by atoms with E-state index in [9.17, 15) is 4.79 Å². The molecule has 1 unspecified atom stereocenters. The summed E-state index contributed by atoms with van der Waals surface area (Å²) in [5, 5.41) is 6.07. The van der Waals surface area contributed by atoms with Crippen LogP contribution >= 0.6 is 0 Å². The van der Waals surface area contributed by atoms with Gasteiger partial charge in [-0.05, 0) is 25.5 Å².